The van der Waals surface area contributed by atoms with Crippen LogP contribution in [0.5, 0.6) is 0 Å². The lowest BCUT2D eigenvalue weighted by molar-refractivity contribution is -0.384. The second-order valence-electron chi connectivity index (χ2n) is 6.12. The van der Waals surface area contributed by atoms with Crippen molar-refractivity contribution in [3.05, 3.63) is 70.3 Å². The van der Waals surface area contributed by atoms with Crippen LogP contribution < -0.4 is 10.8 Å². The summed E-state index contributed by atoms with van der Waals surface area (Å²) >= 11 is 0. The molecule has 0 fully saturated rings. The van der Waals surface area contributed by atoms with Crippen LogP contribution in [0.25, 0.3) is 11.5 Å². The van der Waals surface area contributed by atoms with Gasteiger partial charge in [-0.2, -0.15) is 4.98 Å². The van der Waals surface area contributed by atoms with Gasteiger partial charge in [-0.05, 0) is 24.6 Å². The summed E-state index contributed by atoms with van der Waals surface area (Å²) in [6.45, 7) is 1.91. The van der Waals surface area contributed by atoms with Gasteiger partial charge in [0.25, 0.3) is 5.69 Å². The number of nitrogens with one attached hydrogen (secondary N) is 1. The minimum absolute atomic E-state index is 0.00126. The lowest BCUT2D eigenvalue weighted by Gasteiger charge is -2.16. The Balaban J connectivity index is 2.01. The summed E-state index contributed by atoms with van der Waals surface area (Å²) in [5.74, 6) is 0.272. The number of non-ortho nitro benzene ring substituents is 1. The number of hydrogen-bond acceptors (Lipinski definition) is 8. The molecule has 1 N–H and O–H groups in total. The number of nitro benzene ring substituents is 1. The van der Waals surface area contributed by atoms with Crippen molar-refractivity contribution < 1.29 is 23.0 Å². The van der Waals surface area contributed by atoms with Crippen LogP contribution in [-0.2, 0) is 13.6 Å². The number of nitro groups is 1. The Labute approximate surface area is 167 Å². The lowest BCUT2D eigenvalue weighted by Crippen LogP contribution is -2.16. The molecule has 10 heteroatoms. The largest absolute Gasteiger partial charge is 0.420 e. The molecule has 29 heavy (non-hydrogen) atoms. The quantitative estimate of drug-likeness (QED) is 0.323. The fourth-order valence-electron chi connectivity index (χ4n) is 2.71. The summed E-state index contributed by atoms with van der Waals surface area (Å²) in [6, 6.07) is 15.1. The zero-order valence-corrected chi connectivity index (χ0v) is 17.0. The van der Waals surface area contributed by atoms with E-state index in [1.54, 1.807) is 0 Å². The molecule has 0 unspecified atom stereocenters. The van der Waals surface area contributed by atoms with Crippen LogP contribution in [0.15, 0.2) is 59.0 Å². The molecule has 0 aliphatic rings. The third kappa shape index (κ3) is 4.37. The van der Waals surface area contributed by atoms with Crippen LogP contribution in [0, 0.1) is 10.1 Å². The summed E-state index contributed by atoms with van der Waals surface area (Å²) in [6.07, 6.45) is 0. The molecule has 0 bridgehead atoms. The Morgan fingerprint density at radius 1 is 1.10 bits per heavy atom. The van der Waals surface area contributed by atoms with Gasteiger partial charge in [0.1, 0.15) is 0 Å². The van der Waals surface area contributed by atoms with E-state index in [9.17, 15) is 14.7 Å². The van der Waals surface area contributed by atoms with E-state index < -0.39 is 12.5 Å². The second kappa shape index (κ2) is 8.57. The van der Waals surface area contributed by atoms with E-state index in [2.05, 4.69) is 10.3 Å². The molecule has 9 nitrogen and oxygen atoms in total. The van der Waals surface area contributed by atoms with Gasteiger partial charge in [-0.25, -0.2) is 0 Å². The molecule has 0 radical (unpaired) electrons. The Morgan fingerprint density at radius 3 is 2.28 bits per heavy atom. The summed E-state index contributed by atoms with van der Waals surface area (Å²) in [4.78, 5) is 14.7. The number of aromatic nitrogens is 1. The molecule has 0 aliphatic carbocycles. The zero-order chi connectivity index (χ0) is 21.0. The maximum atomic E-state index is 13.0. The molecule has 1 aromatic heterocycles. The standard InChI is InChI=1S/C19H20N3O6P/c1-13(14-7-5-4-6-8-14)20-18-19(29(25,26-2)27-3)21-17(28-18)15-9-11-16(12-10-15)22(23)24/h4-13,20H,1-3H3/t13-/m1/s1. The first-order valence-corrected chi connectivity index (χ1v) is 10.2. The first-order chi connectivity index (χ1) is 13.9. The first kappa shape index (κ1) is 20.7. The van der Waals surface area contributed by atoms with Crippen LogP contribution in [-0.4, -0.2) is 24.1 Å². The highest BCUT2D eigenvalue weighted by atomic mass is 31.2. The smallest absolute Gasteiger partial charge is 0.384 e. The van der Waals surface area contributed by atoms with Crippen molar-refractivity contribution in [2.75, 3.05) is 19.5 Å². The molecule has 3 aromatic rings. The number of rotatable bonds is 8. The Morgan fingerprint density at radius 2 is 1.72 bits per heavy atom. The fourth-order valence-corrected chi connectivity index (χ4v) is 3.78. The molecule has 1 atom stereocenters. The van der Waals surface area contributed by atoms with Gasteiger partial charge >= 0.3 is 7.60 Å². The van der Waals surface area contributed by atoms with Gasteiger partial charge in [-0.15, -0.1) is 0 Å². The van der Waals surface area contributed by atoms with Crippen LogP contribution in [0.3, 0.4) is 0 Å². The van der Waals surface area contributed by atoms with Crippen molar-refractivity contribution >= 4 is 24.6 Å². The highest BCUT2D eigenvalue weighted by molar-refractivity contribution is 7.62. The van der Waals surface area contributed by atoms with Gasteiger partial charge in [0, 0.05) is 31.9 Å². The van der Waals surface area contributed by atoms with Gasteiger partial charge in [0.2, 0.25) is 17.2 Å². The average molecular weight is 417 g/mol. The van der Waals surface area contributed by atoms with E-state index in [1.165, 1.54) is 38.5 Å². The van der Waals surface area contributed by atoms with E-state index in [4.69, 9.17) is 13.5 Å². The van der Waals surface area contributed by atoms with Crippen LogP contribution in [0.4, 0.5) is 11.6 Å². The van der Waals surface area contributed by atoms with Crippen molar-refractivity contribution in [2.24, 2.45) is 0 Å². The van der Waals surface area contributed by atoms with E-state index >= 15 is 0 Å². The maximum absolute atomic E-state index is 13.0. The summed E-state index contributed by atoms with van der Waals surface area (Å²) < 4.78 is 29.0. The van der Waals surface area contributed by atoms with Gasteiger partial charge < -0.3 is 18.8 Å². The number of anilines is 1. The highest BCUT2D eigenvalue weighted by Gasteiger charge is 2.35. The molecule has 2 aromatic carbocycles. The first-order valence-electron chi connectivity index (χ1n) is 8.67. The third-order valence-electron chi connectivity index (χ3n) is 4.32. The fraction of sp³-hybridized carbons (Fsp3) is 0.211. The van der Waals surface area contributed by atoms with Gasteiger partial charge in [-0.1, -0.05) is 30.3 Å². The maximum Gasteiger partial charge on any atom is 0.384 e. The predicted molar refractivity (Wildman–Crippen MR) is 108 cm³/mol. The van der Waals surface area contributed by atoms with Crippen molar-refractivity contribution in [3.8, 4) is 11.5 Å². The van der Waals surface area contributed by atoms with Gasteiger partial charge in [0.05, 0.1) is 11.0 Å². The zero-order valence-electron chi connectivity index (χ0n) is 16.1. The van der Waals surface area contributed by atoms with Crippen molar-refractivity contribution in [1.29, 1.82) is 0 Å². The molecule has 0 amide bonds. The van der Waals surface area contributed by atoms with E-state index in [1.807, 2.05) is 37.3 Å². The number of hydrogen-bond donors (Lipinski definition) is 1. The normalized spacial score (nSPS) is 12.5. The summed E-state index contributed by atoms with van der Waals surface area (Å²) in [5, 5.41) is 14.0. The second-order valence-corrected chi connectivity index (χ2v) is 8.26. The van der Waals surface area contributed by atoms with E-state index in [0.29, 0.717) is 5.56 Å². The number of oxazole rings is 1. The number of nitrogens with zero attached hydrogens (tertiary/aromatic N) is 2. The highest BCUT2D eigenvalue weighted by Crippen LogP contribution is 2.48. The van der Waals surface area contributed by atoms with Crippen molar-refractivity contribution in [1.82, 2.24) is 4.98 Å². The third-order valence-corrected chi connectivity index (χ3v) is 6.10. The average Bonchev–Trinajstić information content (AvgIpc) is 3.18. The van der Waals surface area contributed by atoms with Gasteiger partial charge in [-0.3, -0.25) is 14.7 Å². The molecular weight excluding hydrogens is 397 g/mol. The molecule has 152 valence electrons. The van der Waals surface area contributed by atoms with Crippen LogP contribution >= 0.6 is 7.60 Å². The van der Waals surface area contributed by atoms with Crippen molar-refractivity contribution in [3.63, 3.8) is 0 Å². The minimum atomic E-state index is -3.72. The Hall–Kier alpha value is -3.00. The van der Waals surface area contributed by atoms with E-state index in [-0.39, 0.29) is 28.9 Å². The van der Waals surface area contributed by atoms with Crippen LogP contribution in [0.1, 0.15) is 18.5 Å². The Bertz CT molecular complexity index is 1030. The minimum Gasteiger partial charge on any atom is -0.420 e. The van der Waals surface area contributed by atoms with Crippen LogP contribution in [0.2, 0.25) is 0 Å². The topological polar surface area (TPSA) is 117 Å². The molecule has 0 saturated heterocycles. The molecule has 1 heterocycles. The molecular formula is C19H20N3O6P. The summed E-state index contributed by atoms with van der Waals surface area (Å²) in [7, 11) is -1.20. The summed E-state index contributed by atoms with van der Waals surface area (Å²) in [5.41, 5.74) is 1.40. The molecule has 0 spiro atoms. The number of benzene rings is 2. The molecule has 0 aliphatic heterocycles. The van der Waals surface area contributed by atoms with E-state index in [0.717, 1.165) is 5.56 Å². The van der Waals surface area contributed by atoms with Crippen molar-refractivity contribution in [2.45, 2.75) is 13.0 Å². The Kier molecular flexibility index (Phi) is 6.12. The lowest BCUT2D eigenvalue weighted by atomic mass is 10.1. The molecule has 3 rings (SSSR count). The van der Waals surface area contributed by atoms with Gasteiger partial charge in [0.15, 0.2) is 0 Å². The molecule has 0 saturated carbocycles. The SMILES string of the molecule is COP(=O)(OC)c1nc(-c2ccc([N+](=O)[O-])cc2)oc1N[C@H](C)c1ccccc1. The monoisotopic (exact) mass is 417 g/mol. The predicted octanol–water partition coefficient (Wildman–Crippen LogP) is 4.53.